The van der Waals surface area contributed by atoms with E-state index in [-0.39, 0.29) is 0 Å². The van der Waals surface area contributed by atoms with Crippen LogP contribution in [-0.2, 0) is 6.54 Å². The monoisotopic (exact) mass is 189 g/mol. The zero-order chi connectivity index (χ0) is 9.54. The number of fused-ring (bicyclic) bond motifs is 3. The van der Waals surface area contributed by atoms with Crippen LogP contribution >= 0.6 is 0 Å². The maximum absolute atomic E-state index is 5.45. The molecule has 14 heavy (non-hydrogen) atoms. The van der Waals surface area contributed by atoms with E-state index >= 15 is 0 Å². The fourth-order valence-corrected chi connectivity index (χ4v) is 1.66. The first-order valence-electron chi connectivity index (χ1n) is 4.53. The van der Waals surface area contributed by atoms with Crippen LogP contribution in [0.3, 0.4) is 0 Å². The third-order valence-corrected chi connectivity index (χ3v) is 2.38. The fourth-order valence-electron chi connectivity index (χ4n) is 1.66. The van der Waals surface area contributed by atoms with Crippen molar-refractivity contribution < 1.29 is 13.4 Å². The van der Waals surface area contributed by atoms with Crippen molar-refractivity contribution >= 4 is 22.2 Å². The van der Waals surface area contributed by atoms with Gasteiger partial charge >= 0.3 is 6.39 Å². The van der Waals surface area contributed by atoms with Crippen LogP contribution in [0.25, 0.3) is 22.2 Å². The number of aryl methyl sites for hydroxylation is 1. The van der Waals surface area contributed by atoms with Crippen LogP contribution in [0, 0.1) is 0 Å². The Morgan fingerprint density at radius 3 is 3.14 bits per heavy atom. The first-order chi connectivity index (χ1) is 6.90. The summed E-state index contributed by atoms with van der Waals surface area (Å²) < 4.78 is 12.7. The highest BCUT2D eigenvalue weighted by Gasteiger charge is 2.16. The Bertz CT molecular complexity index is 594. The highest BCUT2D eigenvalue weighted by Crippen LogP contribution is 2.21. The van der Waals surface area contributed by atoms with E-state index in [1.165, 1.54) is 6.39 Å². The zero-order valence-corrected chi connectivity index (χ0v) is 7.73. The SMILES string of the molecule is CC[n+]1coc2c3ncoc3ccc21. The van der Waals surface area contributed by atoms with Gasteiger partial charge in [0.1, 0.15) is 6.54 Å². The third kappa shape index (κ3) is 0.824. The first kappa shape index (κ1) is 7.55. The van der Waals surface area contributed by atoms with Crippen molar-refractivity contribution in [3.63, 3.8) is 0 Å². The standard InChI is InChI=1S/C10H9N2O2/c1-2-12-6-14-10-7(12)3-4-8-9(10)11-5-13-8/h3-6H,2H2,1H3/q+1. The molecule has 0 atom stereocenters. The van der Waals surface area contributed by atoms with Crippen LogP contribution in [0.5, 0.6) is 0 Å². The van der Waals surface area contributed by atoms with Crippen LogP contribution < -0.4 is 4.57 Å². The molecule has 3 aromatic rings. The van der Waals surface area contributed by atoms with Crippen LogP contribution in [0.1, 0.15) is 6.92 Å². The molecule has 0 aliphatic heterocycles. The summed E-state index contributed by atoms with van der Waals surface area (Å²) >= 11 is 0. The lowest BCUT2D eigenvalue weighted by atomic mass is 10.3. The lowest BCUT2D eigenvalue weighted by Crippen LogP contribution is -2.29. The van der Waals surface area contributed by atoms with Crippen molar-refractivity contribution in [1.29, 1.82) is 0 Å². The van der Waals surface area contributed by atoms with Gasteiger partial charge in [-0.3, -0.25) is 0 Å². The largest absolute Gasteiger partial charge is 0.443 e. The van der Waals surface area contributed by atoms with Crippen molar-refractivity contribution in [2.24, 2.45) is 0 Å². The van der Waals surface area contributed by atoms with Gasteiger partial charge in [0.25, 0.3) is 5.52 Å². The van der Waals surface area contributed by atoms with Gasteiger partial charge in [-0.2, -0.15) is 4.57 Å². The maximum Gasteiger partial charge on any atom is 0.335 e. The quantitative estimate of drug-likeness (QED) is 0.549. The van der Waals surface area contributed by atoms with Crippen LogP contribution in [0.15, 0.2) is 33.8 Å². The van der Waals surface area contributed by atoms with Gasteiger partial charge in [0.15, 0.2) is 17.5 Å². The second kappa shape index (κ2) is 2.57. The molecule has 0 saturated carbocycles. The number of hydrogen-bond acceptors (Lipinski definition) is 3. The zero-order valence-electron chi connectivity index (χ0n) is 7.73. The van der Waals surface area contributed by atoms with E-state index in [4.69, 9.17) is 8.83 Å². The van der Waals surface area contributed by atoms with Gasteiger partial charge in [-0.25, -0.2) is 4.98 Å². The Labute approximate surface area is 79.8 Å². The molecular weight excluding hydrogens is 180 g/mol. The number of nitrogens with zero attached hydrogens (tertiary/aromatic N) is 2. The minimum absolute atomic E-state index is 0.759. The number of benzene rings is 1. The van der Waals surface area contributed by atoms with E-state index in [0.717, 1.165) is 28.7 Å². The molecular formula is C10H9N2O2+. The van der Waals surface area contributed by atoms with Crippen LogP contribution in [0.2, 0.25) is 0 Å². The topological polar surface area (TPSA) is 43.0 Å². The Morgan fingerprint density at radius 2 is 2.29 bits per heavy atom. The third-order valence-electron chi connectivity index (χ3n) is 2.38. The van der Waals surface area contributed by atoms with Crippen molar-refractivity contribution in [2.45, 2.75) is 13.5 Å². The predicted molar refractivity (Wildman–Crippen MR) is 49.7 cm³/mol. The summed E-state index contributed by atoms with van der Waals surface area (Å²) in [6, 6.07) is 3.89. The average molecular weight is 189 g/mol. The molecule has 0 bridgehead atoms. The summed E-state index contributed by atoms with van der Waals surface area (Å²) in [4.78, 5) is 4.12. The molecule has 4 heteroatoms. The lowest BCUT2D eigenvalue weighted by molar-refractivity contribution is -0.672. The van der Waals surface area contributed by atoms with E-state index in [1.807, 2.05) is 16.7 Å². The van der Waals surface area contributed by atoms with E-state index in [2.05, 4.69) is 11.9 Å². The Hall–Kier alpha value is -1.84. The molecule has 0 fully saturated rings. The number of hydrogen-bond donors (Lipinski definition) is 0. The molecule has 0 unspecified atom stereocenters. The Kier molecular flexibility index (Phi) is 1.39. The van der Waals surface area contributed by atoms with E-state index < -0.39 is 0 Å². The smallest absolute Gasteiger partial charge is 0.335 e. The van der Waals surface area contributed by atoms with E-state index in [1.54, 1.807) is 6.39 Å². The number of oxazole rings is 2. The van der Waals surface area contributed by atoms with Gasteiger partial charge in [0.2, 0.25) is 5.58 Å². The van der Waals surface area contributed by atoms with E-state index in [9.17, 15) is 0 Å². The molecule has 0 saturated heterocycles. The summed E-state index contributed by atoms with van der Waals surface area (Å²) in [5, 5.41) is 0. The molecule has 0 aliphatic rings. The van der Waals surface area contributed by atoms with Gasteiger partial charge in [0.05, 0.1) is 0 Å². The minimum Gasteiger partial charge on any atom is -0.443 e. The molecule has 0 aliphatic carbocycles. The molecule has 0 spiro atoms. The highest BCUT2D eigenvalue weighted by atomic mass is 16.4. The Balaban J connectivity index is 2.52. The van der Waals surface area contributed by atoms with Crippen LogP contribution in [0.4, 0.5) is 0 Å². The normalized spacial score (nSPS) is 11.5. The van der Waals surface area contributed by atoms with Crippen molar-refractivity contribution in [3.8, 4) is 0 Å². The Morgan fingerprint density at radius 1 is 1.36 bits per heavy atom. The molecule has 70 valence electrons. The molecule has 0 N–H and O–H groups in total. The van der Waals surface area contributed by atoms with Gasteiger partial charge in [-0.05, 0) is 13.0 Å². The summed E-state index contributed by atoms with van der Waals surface area (Å²) in [6.07, 6.45) is 3.14. The summed E-state index contributed by atoms with van der Waals surface area (Å²) in [5.41, 5.74) is 3.39. The van der Waals surface area contributed by atoms with Crippen molar-refractivity contribution in [1.82, 2.24) is 4.98 Å². The second-order valence-corrected chi connectivity index (χ2v) is 3.12. The van der Waals surface area contributed by atoms with Gasteiger partial charge in [-0.15, -0.1) is 0 Å². The minimum atomic E-state index is 0.759. The maximum atomic E-state index is 5.45. The van der Waals surface area contributed by atoms with Crippen molar-refractivity contribution in [2.75, 3.05) is 0 Å². The van der Waals surface area contributed by atoms with Crippen LogP contribution in [-0.4, -0.2) is 4.98 Å². The summed E-state index contributed by atoms with van der Waals surface area (Å²) in [6.45, 7) is 2.96. The van der Waals surface area contributed by atoms with Gasteiger partial charge in [0, 0.05) is 6.07 Å². The lowest BCUT2D eigenvalue weighted by Gasteiger charge is -1.86. The number of aromatic nitrogens is 2. The molecule has 2 aromatic heterocycles. The van der Waals surface area contributed by atoms with Gasteiger partial charge < -0.3 is 8.83 Å². The van der Waals surface area contributed by atoms with Gasteiger partial charge in [-0.1, -0.05) is 0 Å². The number of rotatable bonds is 1. The van der Waals surface area contributed by atoms with E-state index in [0.29, 0.717) is 0 Å². The molecule has 0 amide bonds. The highest BCUT2D eigenvalue weighted by molar-refractivity contribution is 5.96. The molecule has 2 heterocycles. The summed E-state index contributed by atoms with van der Waals surface area (Å²) in [7, 11) is 0. The molecule has 0 radical (unpaired) electrons. The second-order valence-electron chi connectivity index (χ2n) is 3.12. The molecule has 1 aromatic carbocycles. The average Bonchev–Trinajstić information content (AvgIpc) is 2.82. The predicted octanol–water partition coefficient (Wildman–Crippen LogP) is 1.88. The first-order valence-corrected chi connectivity index (χ1v) is 4.53. The van der Waals surface area contributed by atoms with Crippen molar-refractivity contribution in [3.05, 3.63) is 24.9 Å². The summed E-state index contributed by atoms with van der Waals surface area (Å²) in [5.74, 6) is 0. The fraction of sp³-hybridized carbons (Fsp3) is 0.200. The molecule has 4 nitrogen and oxygen atoms in total. The molecule has 3 rings (SSSR count).